The summed E-state index contributed by atoms with van der Waals surface area (Å²) in [6.45, 7) is 1.50. The summed E-state index contributed by atoms with van der Waals surface area (Å²) < 4.78 is 25.8. The minimum Gasteiger partial charge on any atom is -0.292 e. The Morgan fingerprint density at radius 1 is 1.35 bits per heavy atom. The zero-order valence-electron chi connectivity index (χ0n) is 11.0. The molecule has 0 N–H and O–H groups in total. The van der Waals surface area contributed by atoms with E-state index in [2.05, 4.69) is 4.98 Å². The van der Waals surface area contributed by atoms with Crippen molar-refractivity contribution in [2.75, 3.05) is 10.8 Å². The molecule has 2 aliphatic rings. The van der Waals surface area contributed by atoms with Gasteiger partial charge in [0.15, 0.2) is 11.6 Å². The lowest BCUT2D eigenvalue weighted by Crippen LogP contribution is -2.45. The van der Waals surface area contributed by atoms with Crippen LogP contribution in [0.3, 0.4) is 0 Å². The molecule has 0 radical (unpaired) electrons. The van der Waals surface area contributed by atoms with Gasteiger partial charge in [0.1, 0.15) is 4.75 Å². The molecule has 0 bridgehead atoms. The standard InChI is InChI=1S/C14H14N2O3S/c1-14(7-3-2-4-8-14)20(18,19)16-10-12(17)11-6-5-9-15-13(11)16/h2-7,9H,8,10H2,1H3. The van der Waals surface area contributed by atoms with Gasteiger partial charge in [0, 0.05) is 6.20 Å². The van der Waals surface area contributed by atoms with E-state index in [1.807, 2.05) is 12.2 Å². The molecule has 1 atom stereocenters. The highest BCUT2D eigenvalue weighted by Gasteiger charge is 2.45. The number of carbonyl (C=O) groups is 1. The second kappa shape index (κ2) is 4.28. The number of allylic oxidation sites excluding steroid dienone is 3. The van der Waals surface area contributed by atoms with Crippen molar-refractivity contribution in [2.45, 2.75) is 18.1 Å². The van der Waals surface area contributed by atoms with Crippen molar-refractivity contribution in [3.63, 3.8) is 0 Å². The van der Waals surface area contributed by atoms with E-state index >= 15 is 0 Å². The van der Waals surface area contributed by atoms with E-state index in [1.165, 1.54) is 6.20 Å². The van der Waals surface area contributed by atoms with Crippen LogP contribution in [0, 0.1) is 0 Å². The molecule has 2 heterocycles. The normalized spacial score (nSPS) is 25.1. The highest BCUT2D eigenvalue weighted by Crippen LogP contribution is 2.36. The van der Waals surface area contributed by atoms with E-state index in [0.29, 0.717) is 12.0 Å². The summed E-state index contributed by atoms with van der Waals surface area (Å²) in [5.74, 6) is 0.0253. The van der Waals surface area contributed by atoms with E-state index < -0.39 is 14.8 Å². The van der Waals surface area contributed by atoms with E-state index in [0.717, 1.165) is 4.31 Å². The maximum absolute atomic E-state index is 12.9. The van der Waals surface area contributed by atoms with Gasteiger partial charge >= 0.3 is 0 Å². The number of sulfonamides is 1. The van der Waals surface area contributed by atoms with Crippen LogP contribution >= 0.6 is 0 Å². The molecule has 0 saturated carbocycles. The van der Waals surface area contributed by atoms with Crippen molar-refractivity contribution in [1.29, 1.82) is 0 Å². The van der Waals surface area contributed by atoms with Gasteiger partial charge in [-0.25, -0.2) is 17.7 Å². The third-order valence-corrected chi connectivity index (χ3v) is 6.07. The molecule has 104 valence electrons. The maximum Gasteiger partial charge on any atom is 0.246 e. The SMILES string of the molecule is CC1(S(=O)(=O)N2CC(=O)c3cccnc32)C=CC=CC1. The summed E-state index contributed by atoms with van der Waals surface area (Å²) in [4.78, 5) is 16.0. The van der Waals surface area contributed by atoms with Crippen molar-refractivity contribution in [3.8, 4) is 0 Å². The van der Waals surface area contributed by atoms with Crippen LogP contribution in [0.5, 0.6) is 0 Å². The third kappa shape index (κ3) is 1.71. The lowest BCUT2D eigenvalue weighted by Gasteiger charge is -2.31. The first-order valence-corrected chi connectivity index (χ1v) is 7.75. The molecule has 1 aliphatic carbocycles. The number of pyridine rings is 1. The Bertz CT molecular complexity index is 737. The van der Waals surface area contributed by atoms with Gasteiger partial charge in [-0.15, -0.1) is 0 Å². The fraction of sp³-hybridized carbons (Fsp3) is 0.286. The first-order valence-electron chi connectivity index (χ1n) is 6.31. The average molecular weight is 290 g/mol. The minimum atomic E-state index is -3.70. The number of Topliss-reactive ketones (excluding diaryl/α,β-unsaturated/α-hetero) is 1. The molecule has 1 aromatic heterocycles. The Morgan fingerprint density at radius 2 is 2.15 bits per heavy atom. The fourth-order valence-corrected chi connectivity index (χ4v) is 4.17. The van der Waals surface area contributed by atoms with Gasteiger partial charge in [0.25, 0.3) is 0 Å². The van der Waals surface area contributed by atoms with Crippen LogP contribution in [0.15, 0.2) is 42.6 Å². The zero-order valence-corrected chi connectivity index (χ0v) is 11.8. The summed E-state index contributed by atoms with van der Waals surface area (Å²) in [7, 11) is -3.70. The molecule has 6 heteroatoms. The van der Waals surface area contributed by atoms with Crippen molar-refractivity contribution in [2.24, 2.45) is 0 Å². The van der Waals surface area contributed by atoms with Gasteiger partial charge in [-0.2, -0.15) is 0 Å². The number of nitrogens with zero attached hydrogens (tertiary/aromatic N) is 2. The van der Waals surface area contributed by atoms with Crippen LogP contribution in [0.2, 0.25) is 0 Å². The average Bonchev–Trinajstić information content (AvgIpc) is 2.78. The number of aromatic nitrogens is 1. The topological polar surface area (TPSA) is 67.3 Å². The molecule has 1 aromatic rings. The van der Waals surface area contributed by atoms with Crippen LogP contribution in [0.25, 0.3) is 0 Å². The summed E-state index contributed by atoms with van der Waals surface area (Å²) in [6, 6.07) is 3.25. The molecule has 20 heavy (non-hydrogen) atoms. The molecule has 0 aromatic carbocycles. The predicted molar refractivity (Wildman–Crippen MR) is 76.1 cm³/mol. The number of anilines is 1. The highest BCUT2D eigenvalue weighted by molar-refractivity contribution is 7.94. The van der Waals surface area contributed by atoms with E-state index in [4.69, 9.17) is 0 Å². The molecule has 0 amide bonds. The van der Waals surface area contributed by atoms with Crippen molar-refractivity contribution in [3.05, 3.63) is 48.2 Å². The number of ketones is 1. The Labute approximate surface area is 117 Å². The molecule has 1 unspecified atom stereocenters. The molecule has 0 spiro atoms. The van der Waals surface area contributed by atoms with Crippen molar-refractivity contribution >= 4 is 21.6 Å². The van der Waals surface area contributed by atoms with Gasteiger partial charge in [0.2, 0.25) is 10.0 Å². The van der Waals surface area contributed by atoms with Gasteiger partial charge < -0.3 is 0 Å². The zero-order chi connectivity index (χ0) is 14.4. The lowest BCUT2D eigenvalue weighted by atomic mass is 10.0. The van der Waals surface area contributed by atoms with Crippen LogP contribution in [0.1, 0.15) is 23.7 Å². The number of fused-ring (bicyclic) bond motifs is 1. The van der Waals surface area contributed by atoms with Crippen LogP contribution < -0.4 is 4.31 Å². The summed E-state index contributed by atoms with van der Waals surface area (Å²) in [5.41, 5.74) is 0.370. The summed E-state index contributed by atoms with van der Waals surface area (Å²) >= 11 is 0. The molecule has 3 rings (SSSR count). The molecular formula is C14H14N2O3S. The smallest absolute Gasteiger partial charge is 0.246 e. The van der Waals surface area contributed by atoms with Crippen LogP contribution in [-0.4, -0.2) is 30.5 Å². The van der Waals surface area contributed by atoms with Crippen LogP contribution in [-0.2, 0) is 10.0 Å². The largest absolute Gasteiger partial charge is 0.292 e. The quantitative estimate of drug-likeness (QED) is 0.831. The predicted octanol–water partition coefficient (Wildman–Crippen LogP) is 1.69. The second-order valence-corrected chi connectivity index (χ2v) is 7.44. The Morgan fingerprint density at radius 3 is 2.85 bits per heavy atom. The number of rotatable bonds is 2. The fourth-order valence-electron chi connectivity index (χ4n) is 2.45. The Balaban J connectivity index is 2.08. The first-order chi connectivity index (χ1) is 9.46. The van der Waals surface area contributed by atoms with Gasteiger partial charge in [-0.05, 0) is 25.5 Å². The van der Waals surface area contributed by atoms with E-state index in [9.17, 15) is 13.2 Å². The van der Waals surface area contributed by atoms with E-state index in [-0.39, 0.29) is 18.1 Å². The Kier molecular flexibility index (Phi) is 2.79. The second-order valence-electron chi connectivity index (χ2n) is 5.11. The minimum absolute atomic E-state index is 0.165. The number of hydrogen-bond acceptors (Lipinski definition) is 4. The lowest BCUT2D eigenvalue weighted by molar-refractivity contribution is 0.101. The third-order valence-electron chi connectivity index (χ3n) is 3.71. The molecule has 0 saturated heterocycles. The first kappa shape index (κ1) is 13.1. The monoisotopic (exact) mass is 290 g/mol. The summed E-state index contributed by atoms with van der Waals surface area (Å²) in [6.07, 6.45) is 8.90. The van der Waals surface area contributed by atoms with Gasteiger partial charge in [-0.3, -0.25) is 4.79 Å². The Hall–Kier alpha value is -1.95. The summed E-state index contributed by atoms with van der Waals surface area (Å²) in [5, 5.41) is 0. The van der Waals surface area contributed by atoms with Crippen molar-refractivity contribution in [1.82, 2.24) is 4.98 Å². The maximum atomic E-state index is 12.9. The van der Waals surface area contributed by atoms with Gasteiger partial charge in [0.05, 0.1) is 12.1 Å². The van der Waals surface area contributed by atoms with E-state index in [1.54, 1.807) is 31.2 Å². The van der Waals surface area contributed by atoms with Crippen LogP contribution in [0.4, 0.5) is 5.82 Å². The number of hydrogen-bond donors (Lipinski definition) is 0. The molecule has 5 nitrogen and oxygen atoms in total. The molecule has 0 fully saturated rings. The molecule has 1 aliphatic heterocycles. The highest BCUT2D eigenvalue weighted by atomic mass is 32.2. The van der Waals surface area contributed by atoms with Gasteiger partial charge in [-0.1, -0.05) is 24.3 Å². The number of carbonyl (C=O) groups excluding carboxylic acids is 1. The molecular weight excluding hydrogens is 276 g/mol. The van der Waals surface area contributed by atoms with Crippen molar-refractivity contribution < 1.29 is 13.2 Å².